The van der Waals surface area contributed by atoms with Crippen LogP contribution in [-0.2, 0) is 4.79 Å². The van der Waals surface area contributed by atoms with Crippen LogP contribution in [0.3, 0.4) is 0 Å². The number of carboxylic acids is 1. The van der Waals surface area contributed by atoms with Gasteiger partial charge in [0.2, 0.25) is 5.88 Å². The summed E-state index contributed by atoms with van der Waals surface area (Å²) in [5.41, 5.74) is 1.10. The molecular weight excluding hydrogens is 296 g/mol. The van der Waals surface area contributed by atoms with Gasteiger partial charge in [-0.3, -0.25) is 0 Å². The van der Waals surface area contributed by atoms with Gasteiger partial charge in [0.15, 0.2) is 0 Å². The van der Waals surface area contributed by atoms with E-state index in [9.17, 15) is 9.59 Å². The van der Waals surface area contributed by atoms with Gasteiger partial charge in [-0.05, 0) is 19.1 Å². The van der Waals surface area contributed by atoms with Gasteiger partial charge in [-0.25, -0.2) is 19.6 Å². The molecule has 0 spiro atoms. The van der Waals surface area contributed by atoms with Crippen molar-refractivity contribution >= 4 is 33.7 Å². The van der Waals surface area contributed by atoms with Crippen molar-refractivity contribution in [1.82, 2.24) is 9.97 Å². The molecule has 1 N–H and O–H groups in total. The van der Waals surface area contributed by atoms with Gasteiger partial charge >= 0.3 is 11.9 Å². The number of rotatable bonds is 3. The molecule has 0 radical (unpaired) electrons. The molecule has 0 aliphatic carbocycles. The Morgan fingerprint density at radius 1 is 1.00 bits per heavy atom. The number of fused-ring (bicyclic) bond motifs is 3. The molecule has 0 aliphatic rings. The minimum Gasteiger partial charge on any atom is -0.477 e. The maximum absolute atomic E-state index is 11.6. The zero-order valence-corrected chi connectivity index (χ0v) is 12.2. The molecule has 3 rings (SSSR count). The van der Waals surface area contributed by atoms with E-state index in [-0.39, 0.29) is 17.1 Å². The fraction of sp³-hybridized carbons (Fsp3) is 0.0588. The Kier molecular flexibility index (Phi) is 3.50. The lowest BCUT2D eigenvalue weighted by Gasteiger charge is -2.07. The van der Waals surface area contributed by atoms with Crippen LogP contribution in [0, 0.1) is 0 Å². The number of ether oxygens (including phenoxy) is 1. The van der Waals surface area contributed by atoms with Gasteiger partial charge in [0.25, 0.3) is 0 Å². The van der Waals surface area contributed by atoms with E-state index < -0.39 is 11.9 Å². The molecule has 0 saturated carbocycles. The van der Waals surface area contributed by atoms with E-state index in [1.807, 2.05) is 12.1 Å². The highest BCUT2D eigenvalue weighted by Gasteiger charge is 2.11. The molecule has 0 unspecified atom stereocenters. The topological polar surface area (TPSA) is 89.4 Å². The van der Waals surface area contributed by atoms with Crippen LogP contribution in [0.2, 0.25) is 0 Å². The number of carbonyl (C=O) groups is 2. The highest BCUT2D eigenvalue weighted by Crippen LogP contribution is 2.25. The van der Waals surface area contributed by atoms with E-state index in [1.165, 1.54) is 6.07 Å². The normalized spacial score (nSPS) is 10.7. The summed E-state index contributed by atoms with van der Waals surface area (Å²) >= 11 is 0. The Labute approximate surface area is 131 Å². The van der Waals surface area contributed by atoms with Crippen LogP contribution in [0.5, 0.6) is 5.88 Å². The number of benzene rings is 1. The Morgan fingerprint density at radius 3 is 2.17 bits per heavy atom. The molecule has 23 heavy (non-hydrogen) atoms. The Hall–Kier alpha value is -3.28. The highest BCUT2D eigenvalue weighted by atomic mass is 16.5. The standard InChI is InChI=1S/C17H12N2O4/c1-9(2)17(22)23-13-8-6-11-4-3-10-5-7-12(16(20)21)18-14(10)15(11)19-13/h3-8H,1H2,2H3,(H,20,21). The molecule has 114 valence electrons. The van der Waals surface area contributed by atoms with Crippen LogP contribution in [-0.4, -0.2) is 27.0 Å². The summed E-state index contributed by atoms with van der Waals surface area (Å²) in [5.74, 6) is -1.58. The lowest BCUT2D eigenvalue weighted by Crippen LogP contribution is -2.09. The van der Waals surface area contributed by atoms with Crippen molar-refractivity contribution in [2.75, 3.05) is 0 Å². The third kappa shape index (κ3) is 2.74. The summed E-state index contributed by atoms with van der Waals surface area (Å²) < 4.78 is 5.12. The first-order valence-electron chi connectivity index (χ1n) is 6.77. The second-order valence-corrected chi connectivity index (χ2v) is 5.03. The molecule has 6 nitrogen and oxygen atoms in total. The number of carboxylic acid groups (broad SMARTS) is 1. The van der Waals surface area contributed by atoms with Crippen molar-refractivity contribution in [1.29, 1.82) is 0 Å². The largest absolute Gasteiger partial charge is 0.477 e. The molecule has 2 heterocycles. The van der Waals surface area contributed by atoms with Crippen LogP contribution < -0.4 is 4.74 Å². The van der Waals surface area contributed by atoms with Crippen molar-refractivity contribution in [2.45, 2.75) is 6.92 Å². The number of hydrogen-bond acceptors (Lipinski definition) is 5. The number of aromatic nitrogens is 2. The molecule has 2 aromatic heterocycles. The number of pyridine rings is 2. The summed E-state index contributed by atoms with van der Waals surface area (Å²) in [7, 11) is 0. The molecule has 0 fully saturated rings. The molecular formula is C17H12N2O4. The second-order valence-electron chi connectivity index (χ2n) is 5.03. The quantitative estimate of drug-likeness (QED) is 0.454. The van der Waals surface area contributed by atoms with Gasteiger partial charge < -0.3 is 9.84 Å². The number of carbonyl (C=O) groups excluding carboxylic acids is 1. The van der Waals surface area contributed by atoms with Crippen LogP contribution in [0.15, 0.2) is 48.6 Å². The average Bonchev–Trinajstić information content (AvgIpc) is 2.54. The van der Waals surface area contributed by atoms with Crippen LogP contribution in [0.4, 0.5) is 0 Å². The maximum Gasteiger partial charge on any atom is 0.354 e. The van der Waals surface area contributed by atoms with Crippen LogP contribution in [0.1, 0.15) is 17.4 Å². The van der Waals surface area contributed by atoms with E-state index in [0.29, 0.717) is 11.0 Å². The predicted molar refractivity (Wildman–Crippen MR) is 84.5 cm³/mol. The molecule has 0 amide bonds. The smallest absolute Gasteiger partial charge is 0.354 e. The minimum absolute atomic E-state index is 0.0730. The second kappa shape index (κ2) is 5.49. The van der Waals surface area contributed by atoms with E-state index >= 15 is 0 Å². The lowest BCUT2D eigenvalue weighted by molar-refractivity contribution is -0.130. The summed E-state index contributed by atoms with van der Waals surface area (Å²) in [4.78, 5) is 31.1. The lowest BCUT2D eigenvalue weighted by atomic mass is 10.1. The molecule has 0 bridgehead atoms. The number of aromatic carboxylic acids is 1. The molecule has 6 heteroatoms. The number of nitrogens with zero attached hydrogens (tertiary/aromatic N) is 2. The first-order chi connectivity index (χ1) is 11.0. The zero-order valence-electron chi connectivity index (χ0n) is 12.2. The highest BCUT2D eigenvalue weighted by molar-refractivity contribution is 6.04. The Bertz CT molecular complexity index is 979. The maximum atomic E-state index is 11.6. The first-order valence-corrected chi connectivity index (χ1v) is 6.77. The molecule has 0 saturated heterocycles. The molecule has 3 aromatic rings. The zero-order chi connectivity index (χ0) is 16.6. The molecule has 1 aromatic carbocycles. The van der Waals surface area contributed by atoms with Gasteiger partial charge in [-0.2, -0.15) is 0 Å². The molecule has 0 atom stereocenters. The third-order valence-corrected chi connectivity index (χ3v) is 3.26. The summed E-state index contributed by atoms with van der Waals surface area (Å²) in [6.07, 6.45) is 0. The Morgan fingerprint density at radius 2 is 1.57 bits per heavy atom. The van der Waals surface area contributed by atoms with E-state index in [4.69, 9.17) is 9.84 Å². The Balaban J connectivity index is 2.20. The fourth-order valence-corrected chi connectivity index (χ4v) is 2.11. The van der Waals surface area contributed by atoms with Gasteiger partial charge in [-0.1, -0.05) is 24.8 Å². The van der Waals surface area contributed by atoms with Crippen LogP contribution in [0.25, 0.3) is 21.8 Å². The number of esters is 1. The first kappa shape index (κ1) is 14.6. The van der Waals surface area contributed by atoms with Gasteiger partial charge in [-0.15, -0.1) is 0 Å². The fourth-order valence-electron chi connectivity index (χ4n) is 2.11. The van der Waals surface area contributed by atoms with E-state index in [2.05, 4.69) is 16.5 Å². The van der Waals surface area contributed by atoms with Crippen molar-refractivity contribution in [3.63, 3.8) is 0 Å². The summed E-state index contributed by atoms with van der Waals surface area (Å²) in [5, 5.41) is 10.6. The van der Waals surface area contributed by atoms with Gasteiger partial charge in [0.05, 0.1) is 5.52 Å². The predicted octanol–water partition coefficient (Wildman–Crippen LogP) is 2.96. The van der Waals surface area contributed by atoms with Crippen molar-refractivity contribution in [2.24, 2.45) is 0 Å². The molecule has 0 aliphatic heterocycles. The van der Waals surface area contributed by atoms with Gasteiger partial charge in [0.1, 0.15) is 11.2 Å². The SMILES string of the molecule is C=C(C)C(=O)Oc1ccc2ccc3ccc(C(=O)O)nc3c2n1. The minimum atomic E-state index is -1.12. The summed E-state index contributed by atoms with van der Waals surface area (Å²) in [6.45, 7) is 5.06. The monoisotopic (exact) mass is 308 g/mol. The van der Waals surface area contributed by atoms with Gasteiger partial charge in [0, 0.05) is 22.4 Å². The van der Waals surface area contributed by atoms with Crippen molar-refractivity contribution < 1.29 is 19.4 Å². The van der Waals surface area contributed by atoms with E-state index in [1.54, 1.807) is 25.1 Å². The van der Waals surface area contributed by atoms with Crippen LogP contribution >= 0.6 is 0 Å². The third-order valence-electron chi connectivity index (χ3n) is 3.26. The summed E-state index contributed by atoms with van der Waals surface area (Å²) in [6, 6.07) is 10.1. The van der Waals surface area contributed by atoms with Crippen molar-refractivity contribution in [3.8, 4) is 5.88 Å². The van der Waals surface area contributed by atoms with E-state index in [0.717, 1.165) is 10.8 Å². The average molecular weight is 308 g/mol. The van der Waals surface area contributed by atoms with Crippen molar-refractivity contribution in [3.05, 3.63) is 54.2 Å². The number of hydrogen-bond donors (Lipinski definition) is 1.